The average Bonchev–Trinajstić information content (AvgIpc) is 2.76. The van der Waals surface area contributed by atoms with Gasteiger partial charge in [-0.25, -0.2) is 4.98 Å². The van der Waals surface area contributed by atoms with E-state index < -0.39 is 0 Å². The van der Waals surface area contributed by atoms with Gasteiger partial charge < -0.3 is 0 Å². The largest absolute Gasteiger partial charge is 0.293 e. The number of aromatic nitrogens is 1. The third-order valence-electron chi connectivity index (χ3n) is 2.79. The van der Waals surface area contributed by atoms with Crippen molar-refractivity contribution in [1.29, 1.82) is 0 Å². The first-order valence-electron chi connectivity index (χ1n) is 5.71. The molecule has 1 heterocycles. The third kappa shape index (κ3) is 2.80. The van der Waals surface area contributed by atoms with E-state index in [4.69, 9.17) is 0 Å². The van der Waals surface area contributed by atoms with E-state index in [2.05, 4.69) is 24.0 Å². The molecule has 0 fully saturated rings. The molecule has 0 saturated heterocycles. The second kappa shape index (κ2) is 5.23. The molecule has 0 bridgehead atoms. The molecule has 0 saturated carbocycles. The van der Waals surface area contributed by atoms with Gasteiger partial charge in [-0.2, -0.15) is 0 Å². The van der Waals surface area contributed by atoms with Gasteiger partial charge in [-0.15, -0.1) is 11.3 Å². The van der Waals surface area contributed by atoms with Crippen molar-refractivity contribution < 1.29 is 4.79 Å². The van der Waals surface area contributed by atoms with Gasteiger partial charge in [-0.3, -0.25) is 4.79 Å². The Morgan fingerprint density at radius 1 is 1.24 bits per heavy atom. The van der Waals surface area contributed by atoms with Crippen LogP contribution in [0.4, 0.5) is 0 Å². The standard InChI is InChI=1S/C14H15NOS/c1-3-11-4-6-12(7-5-11)8-13(16)14-10(2)15-9-17-14/h4-7,9H,3,8H2,1-2H3. The summed E-state index contributed by atoms with van der Waals surface area (Å²) in [5, 5.41) is 0. The highest BCUT2D eigenvalue weighted by molar-refractivity contribution is 7.11. The Kier molecular flexibility index (Phi) is 3.69. The number of carbonyl (C=O) groups is 1. The second-order valence-electron chi connectivity index (χ2n) is 4.04. The Morgan fingerprint density at radius 2 is 1.88 bits per heavy atom. The van der Waals surface area contributed by atoms with Crippen molar-refractivity contribution in [3.8, 4) is 0 Å². The van der Waals surface area contributed by atoms with E-state index >= 15 is 0 Å². The number of hydrogen-bond donors (Lipinski definition) is 0. The molecule has 2 nitrogen and oxygen atoms in total. The van der Waals surface area contributed by atoms with Crippen molar-refractivity contribution in [3.05, 3.63) is 51.5 Å². The van der Waals surface area contributed by atoms with Gasteiger partial charge in [0.05, 0.1) is 16.1 Å². The molecule has 0 atom stereocenters. The summed E-state index contributed by atoms with van der Waals surface area (Å²) in [6.45, 7) is 4.00. The molecule has 0 aliphatic rings. The molecule has 88 valence electrons. The van der Waals surface area contributed by atoms with Gasteiger partial charge in [0.15, 0.2) is 5.78 Å². The van der Waals surface area contributed by atoms with Gasteiger partial charge >= 0.3 is 0 Å². The fraction of sp³-hybridized carbons (Fsp3) is 0.286. The number of Topliss-reactive ketones (excluding diaryl/α,β-unsaturated/α-hetero) is 1. The van der Waals surface area contributed by atoms with Gasteiger partial charge in [-0.05, 0) is 24.5 Å². The van der Waals surface area contributed by atoms with Crippen molar-refractivity contribution in [2.45, 2.75) is 26.7 Å². The van der Waals surface area contributed by atoms with Crippen LogP contribution in [-0.2, 0) is 12.8 Å². The maximum atomic E-state index is 12.0. The average molecular weight is 245 g/mol. The first kappa shape index (κ1) is 12.0. The molecular formula is C14H15NOS. The minimum absolute atomic E-state index is 0.161. The van der Waals surface area contributed by atoms with E-state index in [0.717, 1.165) is 22.6 Å². The number of ketones is 1. The highest BCUT2D eigenvalue weighted by atomic mass is 32.1. The summed E-state index contributed by atoms with van der Waals surface area (Å²) in [5.41, 5.74) is 4.93. The molecule has 1 aromatic heterocycles. The minimum atomic E-state index is 0.161. The zero-order valence-corrected chi connectivity index (χ0v) is 10.9. The summed E-state index contributed by atoms with van der Waals surface area (Å²) in [7, 11) is 0. The maximum absolute atomic E-state index is 12.0. The van der Waals surface area contributed by atoms with Gasteiger partial charge in [0.2, 0.25) is 0 Å². The first-order chi connectivity index (χ1) is 8.20. The van der Waals surface area contributed by atoms with Crippen LogP contribution in [0.15, 0.2) is 29.8 Å². The van der Waals surface area contributed by atoms with Crippen LogP contribution >= 0.6 is 11.3 Å². The number of hydrogen-bond acceptors (Lipinski definition) is 3. The van der Waals surface area contributed by atoms with E-state index in [1.165, 1.54) is 16.9 Å². The number of nitrogens with zero attached hydrogens (tertiary/aromatic N) is 1. The summed E-state index contributed by atoms with van der Waals surface area (Å²) >= 11 is 1.42. The topological polar surface area (TPSA) is 30.0 Å². The fourth-order valence-electron chi connectivity index (χ4n) is 1.73. The Hall–Kier alpha value is -1.48. The van der Waals surface area contributed by atoms with E-state index in [1.807, 2.05) is 19.1 Å². The van der Waals surface area contributed by atoms with Crippen LogP contribution in [0.1, 0.15) is 33.4 Å². The van der Waals surface area contributed by atoms with Crippen LogP contribution in [-0.4, -0.2) is 10.8 Å². The summed E-state index contributed by atoms with van der Waals surface area (Å²) in [5.74, 6) is 0.161. The molecule has 17 heavy (non-hydrogen) atoms. The van der Waals surface area contributed by atoms with E-state index in [0.29, 0.717) is 6.42 Å². The lowest BCUT2D eigenvalue weighted by atomic mass is 10.0. The molecule has 0 aliphatic heterocycles. The molecule has 0 amide bonds. The summed E-state index contributed by atoms with van der Waals surface area (Å²) < 4.78 is 0. The van der Waals surface area contributed by atoms with Crippen molar-refractivity contribution >= 4 is 17.1 Å². The number of carbonyl (C=O) groups excluding carboxylic acids is 1. The molecule has 2 aromatic rings. The summed E-state index contributed by atoms with van der Waals surface area (Å²) in [6, 6.07) is 8.24. The molecule has 0 radical (unpaired) electrons. The molecular weight excluding hydrogens is 230 g/mol. The predicted octanol–water partition coefficient (Wildman–Crippen LogP) is 3.44. The van der Waals surface area contributed by atoms with E-state index in [1.54, 1.807) is 5.51 Å². The molecule has 3 heteroatoms. The van der Waals surface area contributed by atoms with Crippen LogP contribution in [0, 0.1) is 6.92 Å². The Balaban J connectivity index is 2.10. The van der Waals surface area contributed by atoms with Gasteiger partial charge in [0, 0.05) is 6.42 Å². The quantitative estimate of drug-likeness (QED) is 0.772. The van der Waals surface area contributed by atoms with Crippen LogP contribution in [0.25, 0.3) is 0 Å². The SMILES string of the molecule is CCc1ccc(CC(=O)c2scnc2C)cc1. The summed E-state index contributed by atoms with van der Waals surface area (Å²) in [6.07, 6.45) is 1.50. The predicted molar refractivity (Wildman–Crippen MR) is 70.7 cm³/mol. The van der Waals surface area contributed by atoms with Crippen LogP contribution in [0.5, 0.6) is 0 Å². The number of benzene rings is 1. The van der Waals surface area contributed by atoms with Crippen molar-refractivity contribution in [2.75, 3.05) is 0 Å². The first-order valence-corrected chi connectivity index (χ1v) is 6.59. The van der Waals surface area contributed by atoms with Crippen molar-refractivity contribution in [1.82, 2.24) is 4.98 Å². The van der Waals surface area contributed by atoms with Crippen molar-refractivity contribution in [3.63, 3.8) is 0 Å². The number of aryl methyl sites for hydroxylation is 2. The minimum Gasteiger partial charge on any atom is -0.293 e. The summed E-state index contributed by atoms with van der Waals surface area (Å²) in [4.78, 5) is 16.9. The van der Waals surface area contributed by atoms with Crippen molar-refractivity contribution in [2.24, 2.45) is 0 Å². The molecule has 0 unspecified atom stereocenters. The fourth-order valence-corrected chi connectivity index (χ4v) is 2.47. The van der Waals surface area contributed by atoms with Gasteiger partial charge in [0.1, 0.15) is 0 Å². The third-order valence-corrected chi connectivity index (χ3v) is 3.76. The molecule has 1 aromatic carbocycles. The van der Waals surface area contributed by atoms with E-state index in [9.17, 15) is 4.79 Å². The van der Waals surface area contributed by atoms with Gasteiger partial charge in [-0.1, -0.05) is 31.2 Å². The lowest BCUT2D eigenvalue weighted by Gasteiger charge is -2.01. The molecule has 0 aliphatic carbocycles. The molecule has 2 rings (SSSR count). The number of thiazole rings is 1. The Morgan fingerprint density at radius 3 is 2.41 bits per heavy atom. The van der Waals surface area contributed by atoms with Crippen LogP contribution in [0.3, 0.4) is 0 Å². The lowest BCUT2D eigenvalue weighted by Crippen LogP contribution is -2.03. The van der Waals surface area contributed by atoms with Crippen LogP contribution < -0.4 is 0 Å². The zero-order chi connectivity index (χ0) is 12.3. The normalized spacial score (nSPS) is 10.5. The Labute approximate surface area is 105 Å². The second-order valence-corrected chi connectivity index (χ2v) is 4.89. The highest BCUT2D eigenvalue weighted by Gasteiger charge is 2.12. The van der Waals surface area contributed by atoms with Crippen LogP contribution in [0.2, 0.25) is 0 Å². The smallest absolute Gasteiger partial charge is 0.179 e. The monoisotopic (exact) mass is 245 g/mol. The Bertz CT molecular complexity index is 513. The molecule has 0 spiro atoms. The van der Waals surface area contributed by atoms with E-state index in [-0.39, 0.29) is 5.78 Å². The zero-order valence-electron chi connectivity index (χ0n) is 10.1. The van der Waals surface area contributed by atoms with Gasteiger partial charge in [0.25, 0.3) is 0 Å². The lowest BCUT2D eigenvalue weighted by molar-refractivity contribution is 0.0996. The maximum Gasteiger partial charge on any atom is 0.179 e. The number of rotatable bonds is 4. The highest BCUT2D eigenvalue weighted by Crippen LogP contribution is 2.16. The molecule has 0 N–H and O–H groups in total.